The number of likely N-dealkylation sites (tertiary alicyclic amines) is 1. The van der Waals surface area contributed by atoms with E-state index in [2.05, 4.69) is 11.1 Å². The van der Waals surface area contributed by atoms with Gasteiger partial charge in [0.15, 0.2) is 0 Å². The van der Waals surface area contributed by atoms with Crippen molar-refractivity contribution in [1.82, 2.24) is 4.90 Å². The first kappa shape index (κ1) is 23.6. The van der Waals surface area contributed by atoms with Crippen molar-refractivity contribution in [1.29, 1.82) is 5.26 Å². The molecular formula is C25H35BN4O3. The summed E-state index contributed by atoms with van der Waals surface area (Å²) >= 11 is 0. The average molecular weight is 450 g/mol. The number of hydrogen-bond acceptors (Lipinski definition) is 5. The number of hydrogen-bond donors (Lipinski definition) is 2. The summed E-state index contributed by atoms with van der Waals surface area (Å²) in [4.78, 5) is 19.6. The van der Waals surface area contributed by atoms with E-state index in [4.69, 9.17) is 10.5 Å². The Kier molecular flexibility index (Phi) is 6.21. The van der Waals surface area contributed by atoms with Gasteiger partial charge in [-0.15, -0.1) is 0 Å². The third kappa shape index (κ3) is 4.89. The molecule has 1 heterocycles. The van der Waals surface area contributed by atoms with E-state index in [0.29, 0.717) is 24.7 Å². The van der Waals surface area contributed by atoms with Crippen LogP contribution in [-0.2, 0) is 16.0 Å². The molecule has 0 bridgehead atoms. The minimum atomic E-state index is -0.676. The van der Waals surface area contributed by atoms with Gasteiger partial charge in [0.1, 0.15) is 12.5 Å². The highest BCUT2D eigenvalue weighted by atomic mass is 16.5. The molecule has 7 nitrogen and oxygen atoms in total. The predicted molar refractivity (Wildman–Crippen MR) is 128 cm³/mol. The van der Waals surface area contributed by atoms with Gasteiger partial charge in [-0.2, -0.15) is 5.26 Å². The van der Waals surface area contributed by atoms with Gasteiger partial charge in [0.05, 0.1) is 18.1 Å². The lowest BCUT2D eigenvalue weighted by Gasteiger charge is -2.31. The van der Waals surface area contributed by atoms with Crippen molar-refractivity contribution in [2.24, 2.45) is 39.3 Å². The molecule has 176 valence electrons. The molecular weight excluding hydrogens is 415 g/mol. The maximum atomic E-state index is 13.3. The van der Waals surface area contributed by atoms with Crippen molar-refractivity contribution >= 4 is 18.8 Å². The van der Waals surface area contributed by atoms with E-state index in [1.165, 1.54) is 6.42 Å². The molecule has 0 radical (unpaired) electrons. The molecule has 3 N–H and O–H groups in total. The Hall–Kier alpha value is -2.53. The number of amides is 1. The van der Waals surface area contributed by atoms with E-state index < -0.39 is 18.8 Å². The van der Waals surface area contributed by atoms with Gasteiger partial charge >= 0.3 is 6.92 Å². The van der Waals surface area contributed by atoms with E-state index in [9.17, 15) is 15.1 Å². The van der Waals surface area contributed by atoms with Crippen molar-refractivity contribution in [2.45, 2.75) is 58.8 Å². The highest BCUT2D eigenvalue weighted by Crippen LogP contribution is 2.84. The molecule has 4 rings (SSSR count). The third-order valence-corrected chi connectivity index (χ3v) is 7.54. The molecule has 1 aliphatic heterocycles. The van der Waals surface area contributed by atoms with Gasteiger partial charge in [-0.25, -0.2) is 4.99 Å². The van der Waals surface area contributed by atoms with Crippen LogP contribution in [0.3, 0.4) is 0 Å². The Labute approximate surface area is 197 Å². The largest absolute Gasteiger partial charge is 0.463 e. The van der Waals surface area contributed by atoms with Crippen LogP contribution >= 0.6 is 0 Å². The second kappa shape index (κ2) is 8.68. The van der Waals surface area contributed by atoms with Crippen LogP contribution < -0.4 is 5.73 Å². The Morgan fingerprint density at radius 3 is 2.70 bits per heavy atom. The molecule has 1 aromatic rings. The number of rotatable bonds is 8. The average Bonchev–Trinajstić information content (AvgIpc) is 3.59. The fourth-order valence-corrected chi connectivity index (χ4v) is 5.62. The first-order valence-corrected chi connectivity index (χ1v) is 11.9. The topological polar surface area (TPSA) is 112 Å². The second-order valence-corrected chi connectivity index (χ2v) is 11.3. The number of nitrogens with two attached hydrogens (primary N) is 1. The zero-order chi connectivity index (χ0) is 24.0. The van der Waals surface area contributed by atoms with Crippen molar-refractivity contribution in [3.8, 4) is 6.07 Å². The predicted octanol–water partition coefficient (Wildman–Crippen LogP) is 2.50. The monoisotopic (exact) mass is 450 g/mol. The van der Waals surface area contributed by atoms with Crippen LogP contribution in [0.1, 0.15) is 39.2 Å². The number of fused-ring (bicyclic) bond motifs is 1. The van der Waals surface area contributed by atoms with E-state index in [0.717, 1.165) is 12.1 Å². The second-order valence-electron chi connectivity index (χ2n) is 11.3. The molecule has 1 saturated heterocycles. The Morgan fingerprint density at radius 1 is 1.42 bits per heavy atom. The lowest BCUT2D eigenvalue weighted by Crippen LogP contribution is -2.45. The van der Waals surface area contributed by atoms with Crippen LogP contribution in [0.2, 0.25) is 6.82 Å². The lowest BCUT2D eigenvalue weighted by molar-refractivity contribution is -0.137. The van der Waals surface area contributed by atoms with Gasteiger partial charge in [-0.3, -0.25) is 4.79 Å². The molecule has 8 heteroatoms. The molecule has 1 amide bonds. The van der Waals surface area contributed by atoms with Crippen LogP contribution in [0, 0.1) is 39.9 Å². The van der Waals surface area contributed by atoms with Crippen LogP contribution in [0.15, 0.2) is 35.3 Å². The molecule has 33 heavy (non-hydrogen) atoms. The number of carbonyl (C=O) groups is 1. The Balaban J connectivity index is 1.40. The summed E-state index contributed by atoms with van der Waals surface area (Å²) in [6.45, 7) is 8.16. The number of carbonyl (C=O) groups excluding carboxylic acids is 1. The Bertz CT molecular complexity index is 955. The summed E-state index contributed by atoms with van der Waals surface area (Å²) in [5.74, 6) is -0.0196. The first-order chi connectivity index (χ1) is 15.6. The number of aliphatic imine (C=N–C) groups is 1. The molecule has 1 aromatic carbocycles. The number of benzene rings is 1. The number of ether oxygens (including phenoxy) is 1. The molecule has 2 aliphatic carbocycles. The van der Waals surface area contributed by atoms with E-state index in [1.807, 2.05) is 56.0 Å². The SMILES string of the molecule is CB(O)[C@H](Cc1ccccc1)N=C(N)OCC1C2[C@H]3C[C@@]23CN1C(=O)C(C#N)CC(C)(C)C. The van der Waals surface area contributed by atoms with Crippen molar-refractivity contribution in [2.75, 3.05) is 13.2 Å². The van der Waals surface area contributed by atoms with Crippen LogP contribution in [0.25, 0.3) is 0 Å². The first-order valence-electron chi connectivity index (χ1n) is 11.9. The van der Waals surface area contributed by atoms with Crippen molar-refractivity contribution in [3.05, 3.63) is 35.9 Å². The van der Waals surface area contributed by atoms with Crippen molar-refractivity contribution in [3.63, 3.8) is 0 Å². The molecule has 3 unspecified atom stereocenters. The lowest BCUT2D eigenvalue weighted by atomic mass is 9.62. The fourth-order valence-electron chi connectivity index (χ4n) is 5.62. The maximum absolute atomic E-state index is 13.3. The quantitative estimate of drug-likeness (QED) is 0.359. The smallest absolute Gasteiger partial charge is 0.311 e. The van der Waals surface area contributed by atoms with E-state index in [1.54, 1.807) is 6.82 Å². The Morgan fingerprint density at radius 2 is 2.12 bits per heavy atom. The number of amidine groups is 1. The summed E-state index contributed by atoms with van der Waals surface area (Å²) in [5, 5.41) is 19.8. The highest BCUT2D eigenvalue weighted by Gasteiger charge is 2.85. The van der Waals surface area contributed by atoms with Crippen LogP contribution in [0.5, 0.6) is 0 Å². The van der Waals surface area contributed by atoms with Gasteiger partial charge in [0.2, 0.25) is 5.91 Å². The summed E-state index contributed by atoms with van der Waals surface area (Å²) in [5.41, 5.74) is 7.32. The zero-order valence-electron chi connectivity index (χ0n) is 20.1. The summed E-state index contributed by atoms with van der Waals surface area (Å²) < 4.78 is 5.84. The number of nitriles is 1. The molecule has 2 saturated carbocycles. The molecule has 6 atom stereocenters. The van der Waals surface area contributed by atoms with Crippen LogP contribution in [0.4, 0.5) is 0 Å². The number of nitrogens with zero attached hydrogens (tertiary/aromatic N) is 3. The van der Waals surface area contributed by atoms with Crippen molar-refractivity contribution < 1.29 is 14.6 Å². The van der Waals surface area contributed by atoms with Gasteiger partial charge in [-0.1, -0.05) is 57.9 Å². The standard InChI is InChI=1S/C25H35BN4O3/c1-24(2,3)11-17(13-27)22(31)30-15-25-12-18(25)21(25)19(30)14-33-23(28)29-20(26(4)32)10-16-8-6-5-7-9-16/h5-9,17-21,32H,10-12,14-15H2,1-4H3,(H2,28,29)/t17?,18-,19?,20+,21?,25+/m1/s1. The van der Waals surface area contributed by atoms with E-state index in [-0.39, 0.29) is 35.4 Å². The minimum Gasteiger partial charge on any atom is -0.463 e. The molecule has 3 aliphatic rings. The zero-order valence-corrected chi connectivity index (χ0v) is 20.1. The molecule has 1 spiro atoms. The summed E-state index contributed by atoms with van der Waals surface area (Å²) in [6.07, 6.45) is 2.26. The highest BCUT2D eigenvalue weighted by molar-refractivity contribution is 6.50. The third-order valence-electron chi connectivity index (χ3n) is 7.54. The molecule has 3 fully saturated rings. The van der Waals surface area contributed by atoms with Gasteiger partial charge in [0, 0.05) is 6.54 Å². The van der Waals surface area contributed by atoms with Crippen LogP contribution in [-0.4, -0.2) is 53.9 Å². The normalized spacial score (nSPS) is 29.4. The van der Waals surface area contributed by atoms with Gasteiger partial charge < -0.3 is 20.4 Å². The van der Waals surface area contributed by atoms with E-state index >= 15 is 0 Å². The summed E-state index contributed by atoms with van der Waals surface area (Å²) in [6, 6.07) is 12.0. The minimum absolute atomic E-state index is 0.0334. The van der Waals surface area contributed by atoms with Gasteiger partial charge in [-0.05, 0) is 47.5 Å². The fraction of sp³-hybridized carbons (Fsp3) is 0.640. The number of piperidine rings is 1. The maximum Gasteiger partial charge on any atom is 0.311 e. The van der Waals surface area contributed by atoms with Gasteiger partial charge in [0.25, 0.3) is 6.02 Å². The summed E-state index contributed by atoms with van der Waals surface area (Å²) in [7, 11) is 0. The molecule has 0 aromatic heterocycles.